The van der Waals surface area contributed by atoms with Gasteiger partial charge in [-0.3, -0.25) is 9.59 Å². The zero-order chi connectivity index (χ0) is 20.1. The van der Waals surface area contributed by atoms with Gasteiger partial charge in [-0.25, -0.2) is 9.97 Å². The van der Waals surface area contributed by atoms with Gasteiger partial charge in [0.25, 0.3) is 5.91 Å². The largest absolute Gasteiger partial charge is 0.493 e. The van der Waals surface area contributed by atoms with Crippen LogP contribution in [0.15, 0.2) is 30.6 Å². The molecule has 0 spiro atoms. The van der Waals surface area contributed by atoms with Crippen LogP contribution in [-0.2, 0) is 4.79 Å². The fourth-order valence-corrected chi connectivity index (χ4v) is 2.96. The lowest BCUT2D eigenvalue weighted by atomic mass is 10.2. The Morgan fingerprint density at radius 3 is 2.29 bits per heavy atom. The number of hydrogen-bond acceptors (Lipinski definition) is 7. The molecule has 9 heteroatoms. The molecule has 1 fully saturated rings. The topological polar surface area (TPSA) is 96.9 Å². The van der Waals surface area contributed by atoms with Crippen LogP contribution in [0.3, 0.4) is 0 Å². The molecule has 0 unspecified atom stereocenters. The zero-order valence-corrected chi connectivity index (χ0v) is 16.1. The van der Waals surface area contributed by atoms with Crippen molar-refractivity contribution in [1.29, 1.82) is 0 Å². The molecule has 148 valence electrons. The van der Waals surface area contributed by atoms with E-state index in [1.807, 2.05) is 4.90 Å². The highest BCUT2D eigenvalue weighted by atomic mass is 16.5. The van der Waals surface area contributed by atoms with E-state index < -0.39 is 0 Å². The molecule has 2 heterocycles. The minimum absolute atomic E-state index is 0.0768. The van der Waals surface area contributed by atoms with E-state index in [9.17, 15) is 9.59 Å². The van der Waals surface area contributed by atoms with Gasteiger partial charge < -0.3 is 24.6 Å². The molecule has 3 rings (SSSR count). The molecule has 1 aromatic carbocycles. The number of amides is 2. The highest BCUT2D eigenvalue weighted by molar-refractivity contribution is 6.02. The second-order valence-corrected chi connectivity index (χ2v) is 6.28. The molecule has 0 bridgehead atoms. The van der Waals surface area contributed by atoms with E-state index in [1.165, 1.54) is 13.3 Å². The third-order valence-electron chi connectivity index (χ3n) is 4.56. The molecule has 0 atom stereocenters. The molecular weight excluding hydrogens is 362 g/mol. The van der Waals surface area contributed by atoms with E-state index >= 15 is 0 Å². The maximum atomic E-state index is 12.4. The lowest BCUT2D eigenvalue weighted by molar-refractivity contribution is -0.129. The van der Waals surface area contributed by atoms with E-state index in [-0.39, 0.29) is 17.5 Å². The van der Waals surface area contributed by atoms with Crippen LogP contribution in [0, 0.1) is 0 Å². The summed E-state index contributed by atoms with van der Waals surface area (Å²) in [5.41, 5.74) is 0.773. The van der Waals surface area contributed by atoms with Crippen molar-refractivity contribution < 1.29 is 19.1 Å². The Morgan fingerprint density at radius 1 is 1.00 bits per heavy atom. The van der Waals surface area contributed by atoms with Crippen LogP contribution in [0.5, 0.6) is 11.5 Å². The SMILES string of the molecule is COc1ccc(NC(=O)c2cnc(N3CCN(C(C)=O)CC3)cn2)cc1OC. The molecule has 28 heavy (non-hydrogen) atoms. The summed E-state index contributed by atoms with van der Waals surface area (Å²) in [4.78, 5) is 36.3. The second-order valence-electron chi connectivity index (χ2n) is 6.28. The fraction of sp³-hybridized carbons (Fsp3) is 0.368. The molecule has 1 aromatic heterocycles. The van der Waals surface area contributed by atoms with Gasteiger partial charge in [-0.15, -0.1) is 0 Å². The van der Waals surface area contributed by atoms with Crippen molar-refractivity contribution in [3.05, 3.63) is 36.3 Å². The quantitative estimate of drug-likeness (QED) is 0.831. The van der Waals surface area contributed by atoms with Crippen LogP contribution >= 0.6 is 0 Å². The monoisotopic (exact) mass is 385 g/mol. The number of piperazine rings is 1. The van der Waals surface area contributed by atoms with Crippen molar-refractivity contribution in [2.75, 3.05) is 50.6 Å². The summed E-state index contributed by atoms with van der Waals surface area (Å²) in [7, 11) is 3.08. The van der Waals surface area contributed by atoms with E-state index in [2.05, 4.69) is 15.3 Å². The van der Waals surface area contributed by atoms with Gasteiger partial charge in [0.1, 0.15) is 11.5 Å². The first-order valence-corrected chi connectivity index (χ1v) is 8.87. The van der Waals surface area contributed by atoms with Gasteiger partial charge in [-0.05, 0) is 12.1 Å². The summed E-state index contributed by atoms with van der Waals surface area (Å²) in [6.07, 6.45) is 3.02. The van der Waals surface area contributed by atoms with Crippen LogP contribution in [0.1, 0.15) is 17.4 Å². The molecular formula is C19H23N5O4. The molecule has 0 radical (unpaired) electrons. The van der Waals surface area contributed by atoms with E-state index in [0.29, 0.717) is 49.2 Å². The molecule has 2 amide bonds. The average Bonchev–Trinajstić information content (AvgIpc) is 2.73. The maximum absolute atomic E-state index is 12.4. The summed E-state index contributed by atoms with van der Waals surface area (Å²) in [6.45, 7) is 4.25. The molecule has 1 saturated heterocycles. The predicted molar refractivity (Wildman–Crippen MR) is 104 cm³/mol. The van der Waals surface area contributed by atoms with Crippen LogP contribution in [-0.4, -0.2) is 67.1 Å². The van der Waals surface area contributed by atoms with Crippen LogP contribution in [0.4, 0.5) is 11.5 Å². The number of ether oxygens (including phenoxy) is 2. The number of anilines is 2. The van der Waals surface area contributed by atoms with Gasteiger partial charge in [0.2, 0.25) is 5.91 Å². The number of carbonyl (C=O) groups excluding carboxylic acids is 2. The predicted octanol–water partition coefficient (Wildman–Crippen LogP) is 1.41. The summed E-state index contributed by atoms with van der Waals surface area (Å²) in [6, 6.07) is 5.10. The second kappa shape index (κ2) is 8.55. The zero-order valence-electron chi connectivity index (χ0n) is 16.1. The highest BCUT2D eigenvalue weighted by Crippen LogP contribution is 2.29. The van der Waals surface area contributed by atoms with Gasteiger partial charge in [-0.1, -0.05) is 0 Å². The minimum atomic E-state index is -0.368. The normalized spacial score (nSPS) is 13.8. The molecule has 1 aliphatic rings. The summed E-state index contributed by atoms with van der Waals surface area (Å²) < 4.78 is 10.4. The standard InChI is InChI=1S/C19H23N5O4/c1-13(25)23-6-8-24(9-7-23)18-12-20-15(11-21-18)19(26)22-14-4-5-16(27-2)17(10-14)28-3/h4-5,10-12H,6-9H2,1-3H3,(H,22,26). The van der Waals surface area contributed by atoms with Crippen molar-refractivity contribution in [3.8, 4) is 11.5 Å². The molecule has 9 nitrogen and oxygen atoms in total. The van der Waals surface area contributed by atoms with E-state index in [0.717, 1.165) is 0 Å². The first-order chi connectivity index (χ1) is 13.5. The summed E-state index contributed by atoms with van der Waals surface area (Å²) >= 11 is 0. The Kier molecular flexibility index (Phi) is 5.93. The Morgan fingerprint density at radius 2 is 1.71 bits per heavy atom. The highest BCUT2D eigenvalue weighted by Gasteiger charge is 2.20. The van der Waals surface area contributed by atoms with E-state index in [1.54, 1.807) is 43.3 Å². The number of nitrogens with zero attached hydrogens (tertiary/aromatic N) is 4. The van der Waals surface area contributed by atoms with Gasteiger partial charge in [-0.2, -0.15) is 0 Å². The first kappa shape index (κ1) is 19.4. The van der Waals surface area contributed by atoms with Crippen molar-refractivity contribution in [3.63, 3.8) is 0 Å². The lowest BCUT2D eigenvalue weighted by Crippen LogP contribution is -2.48. The molecule has 0 aliphatic carbocycles. The third-order valence-corrected chi connectivity index (χ3v) is 4.56. The van der Waals surface area contributed by atoms with Gasteiger partial charge in [0.15, 0.2) is 11.5 Å². The maximum Gasteiger partial charge on any atom is 0.275 e. The first-order valence-electron chi connectivity index (χ1n) is 8.87. The number of carbonyl (C=O) groups is 2. The number of nitrogens with one attached hydrogen (secondary N) is 1. The molecule has 2 aromatic rings. The number of rotatable bonds is 5. The average molecular weight is 385 g/mol. The van der Waals surface area contributed by atoms with Crippen molar-refractivity contribution >= 4 is 23.3 Å². The van der Waals surface area contributed by atoms with Gasteiger partial charge >= 0.3 is 0 Å². The van der Waals surface area contributed by atoms with Gasteiger partial charge in [0.05, 0.1) is 26.6 Å². The van der Waals surface area contributed by atoms with Crippen molar-refractivity contribution in [2.45, 2.75) is 6.92 Å². The summed E-state index contributed by atoms with van der Waals surface area (Å²) in [5, 5.41) is 2.77. The Bertz CT molecular complexity index is 848. The Hall–Kier alpha value is -3.36. The van der Waals surface area contributed by atoms with Crippen LogP contribution < -0.4 is 19.7 Å². The Balaban J connectivity index is 1.63. The smallest absolute Gasteiger partial charge is 0.275 e. The van der Waals surface area contributed by atoms with E-state index in [4.69, 9.17) is 9.47 Å². The number of benzene rings is 1. The molecule has 1 aliphatic heterocycles. The number of methoxy groups -OCH3 is 2. The Labute approximate surface area is 163 Å². The fourth-order valence-electron chi connectivity index (χ4n) is 2.96. The van der Waals surface area contributed by atoms with Gasteiger partial charge in [0, 0.05) is 44.9 Å². The summed E-state index contributed by atoms with van der Waals surface area (Å²) in [5.74, 6) is 1.49. The van der Waals surface area contributed by atoms with Crippen LogP contribution in [0.25, 0.3) is 0 Å². The lowest BCUT2D eigenvalue weighted by Gasteiger charge is -2.34. The third kappa shape index (κ3) is 4.30. The van der Waals surface area contributed by atoms with Crippen molar-refractivity contribution in [2.24, 2.45) is 0 Å². The minimum Gasteiger partial charge on any atom is -0.493 e. The number of hydrogen-bond donors (Lipinski definition) is 1. The van der Waals surface area contributed by atoms with Crippen molar-refractivity contribution in [1.82, 2.24) is 14.9 Å². The molecule has 1 N–H and O–H groups in total. The van der Waals surface area contributed by atoms with Crippen LogP contribution in [0.2, 0.25) is 0 Å². The molecule has 0 saturated carbocycles. The number of aromatic nitrogens is 2.